The lowest BCUT2D eigenvalue weighted by molar-refractivity contribution is 1.34. The van der Waals surface area contributed by atoms with Gasteiger partial charge in [-0.1, -0.05) is 0 Å². The first-order valence-electron chi connectivity index (χ1n) is 3.93. The molecular formula is C10H9IS2. The van der Waals surface area contributed by atoms with Gasteiger partial charge in [-0.2, -0.15) is 0 Å². The van der Waals surface area contributed by atoms with Crippen molar-refractivity contribution >= 4 is 55.8 Å². The van der Waals surface area contributed by atoms with Crippen LogP contribution in [-0.2, 0) is 0 Å². The summed E-state index contributed by atoms with van der Waals surface area (Å²) in [6, 6.07) is 4.58. The van der Waals surface area contributed by atoms with E-state index in [0.717, 1.165) is 0 Å². The van der Waals surface area contributed by atoms with Crippen molar-refractivity contribution in [2.45, 2.75) is 11.8 Å². The highest BCUT2D eigenvalue weighted by Crippen LogP contribution is 2.32. The zero-order chi connectivity index (χ0) is 9.42. The molecule has 0 saturated heterocycles. The normalized spacial score (nSPS) is 11.0. The van der Waals surface area contributed by atoms with Gasteiger partial charge in [0, 0.05) is 23.9 Å². The van der Waals surface area contributed by atoms with Gasteiger partial charge in [0.15, 0.2) is 0 Å². The average molecular weight is 320 g/mol. The van der Waals surface area contributed by atoms with Gasteiger partial charge in [-0.3, -0.25) is 0 Å². The van der Waals surface area contributed by atoms with Gasteiger partial charge in [-0.15, -0.1) is 23.1 Å². The lowest BCUT2D eigenvalue weighted by Gasteiger charge is -2.02. The second-order valence-electron chi connectivity index (χ2n) is 2.90. The van der Waals surface area contributed by atoms with Gasteiger partial charge in [0.05, 0.1) is 0 Å². The summed E-state index contributed by atoms with van der Waals surface area (Å²) in [4.78, 5) is 1.39. The number of halogens is 1. The molecule has 68 valence electrons. The molecule has 0 bridgehead atoms. The van der Waals surface area contributed by atoms with Crippen LogP contribution in [0.4, 0.5) is 0 Å². The molecule has 0 fully saturated rings. The van der Waals surface area contributed by atoms with Crippen LogP contribution in [0.25, 0.3) is 10.1 Å². The van der Waals surface area contributed by atoms with Crippen LogP contribution in [-0.4, -0.2) is 6.26 Å². The molecule has 1 aromatic heterocycles. The zero-order valence-corrected chi connectivity index (χ0v) is 11.2. The molecule has 0 nitrogen and oxygen atoms in total. The number of rotatable bonds is 1. The van der Waals surface area contributed by atoms with E-state index in [-0.39, 0.29) is 0 Å². The Balaban J connectivity index is 2.77. The van der Waals surface area contributed by atoms with Crippen LogP contribution in [0.15, 0.2) is 22.4 Å². The number of thiophene rings is 1. The van der Waals surface area contributed by atoms with Crippen molar-refractivity contribution in [1.82, 2.24) is 0 Å². The molecule has 2 rings (SSSR count). The van der Waals surface area contributed by atoms with Crippen molar-refractivity contribution in [3.63, 3.8) is 0 Å². The van der Waals surface area contributed by atoms with Crippen molar-refractivity contribution in [2.75, 3.05) is 6.26 Å². The first-order valence-corrected chi connectivity index (χ1v) is 7.12. The molecule has 0 radical (unpaired) electrons. The minimum absolute atomic E-state index is 1.37. The molecule has 0 amide bonds. The lowest BCUT2D eigenvalue weighted by Crippen LogP contribution is -1.78. The fraction of sp³-hybridized carbons (Fsp3) is 0.200. The van der Waals surface area contributed by atoms with Gasteiger partial charge >= 0.3 is 0 Å². The second kappa shape index (κ2) is 3.79. The summed E-state index contributed by atoms with van der Waals surface area (Å²) in [6.45, 7) is 2.18. The highest BCUT2D eigenvalue weighted by molar-refractivity contribution is 14.1. The molecule has 0 unspecified atom stereocenters. The van der Waals surface area contributed by atoms with Crippen LogP contribution in [0, 0.1) is 10.5 Å². The van der Waals surface area contributed by atoms with Gasteiger partial charge in [0.1, 0.15) is 0 Å². The quantitative estimate of drug-likeness (QED) is 0.549. The lowest BCUT2D eigenvalue weighted by atomic mass is 10.2. The summed E-state index contributed by atoms with van der Waals surface area (Å²) < 4.78 is 2.77. The van der Waals surface area contributed by atoms with E-state index in [9.17, 15) is 0 Å². The molecule has 0 aliphatic heterocycles. The van der Waals surface area contributed by atoms with Gasteiger partial charge < -0.3 is 0 Å². The number of benzene rings is 1. The molecule has 1 aromatic carbocycles. The van der Waals surface area contributed by atoms with Crippen molar-refractivity contribution in [3.05, 3.63) is 26.6 Å². The monoisotopic (exact) mass is 320 g/mol. The van der Waals surface area contributed by atoms with Crippen molar-refractivity contribution in [1.29, 1.82) is 0 Å². The van der Waals surface area contributed by atoms with Crippen LogP contribution in [0.1, 0.15) is 5.56 Å². The highest BCUT2D eigenvalue weighted by Gasteiger charge is 2.04. The highest BCUT2D eigenvalue weighted by atomic mass is 127. The Kier molecular flexibility index (Phi) is 2.86. The van der Waals surface area contributed by atoms with E-state index in [2.05, 4.69) is 53.3 Å². The Hall–Kier alpha value is 0.260. The maximum Gasteiger partial charge on any atom is 0.0357 e. The van der Waals surface area contributed by atoms with Crippen LogP contribution >= 0.6 is 45.7 Å². The van der Waals surface area contributed by atoms with E-state index in [1.165, 1.54) is 24.1 Å². The van der Waals surface area contributed by atoms with Gasteiger partial charge in [0.25, 0.3) is 0 Å². The van der Waals surface area contributed by atoms with Crippen LogP contribution in [0.2, 0.25) is 0 Å². The van der Waals surface area contributed by atoms with E-state index in [0.29, 0.717) is 0 Å². The smallest absolute Gasteiger partial charge is 0.0357 e. The maximum atomic E-state index is 2.40. The fourth-order valence-electron chi connectivity index (χ4n) is 1.34. The number of aryl methyl sites for hydroxylation is 1. The Morgan fingerprint density at radius 3 is 2.85 bits per heavy atom. The first-order chi connectivity index (χ1) is 6.22. The van der Waals surface area contributed by atoms with E-state index >= 15 is 0 Å². The van der Waals surface area contributed by atoms with E-state index in [4.69, 9.17) is 0 Å². The summed E-state index contributed by atoms with van der Waals surface area (Å²) in [5.74, 6) is 0. The van der Waals surface area contributed by atoms with Crippen LogP contribution < -0.4 is 0 Å². The number of thioether (sulfide) groups is 1. The molecular weight excluding hydrogens is 311 g/mol. The Morgan fingerprint density at radius 1 is 1.38 bits per heavy atom. The van der Waals surface area contributed by atoms with E-state index in [1.54, 1.807) is 0 Å². The summed E-state index contributed by atoms with van der Waals surface area (Å²) >= 11 is 6.05. The maximum absolute atomic E-state index is 2.40. The average Bonchev–Trinajstić information content (AvgIpc) is 2.46. The standard InChI is InChI=1S/C10H9IS2/c1-6-3-10-7(4-9(6)12-2)8(11)5-13-10/h3-5H,1-2H3. The van der Waals surface area contributed by atoms with Crippen molar-refractivity contribution < 1.29 is 0 Å². The van der Waals surface area contributed by atoms with Crippen molar-refractivity contribution in [3.8, 4) is 0 Å². The predicted octanol–water partition coefficient (Wildman–Crippen LogP) is 4.54. The van der Waals surface area contributed by atoms with Gasteiger partial charge in [-0.05, 0) is 53.5 Å². The zero-order valence-electron chi connectivity index (χ0n) is 7.43. The van der Waals surface area contributed by atoms with Gasteiger partial charge in [0.2, 0.25) is 0 Å². The topological polar surface area (TPSA) is 0 Å². The Morgan fingerprint density at radius 2 is 2.15 bits per heavy atom. The number of fused-ring (bicyclic) bond motifs is 1. The van der Waals surface area contributed by atoms with E-state index < -0.39 is 0 Å². The fourth-order valence-corrected chi connectivity index (χ4v) is 3.87. The first kappa shape index (κ1) is 9.80. The third-order valence-electron chi connectivity index (χ3n) is 2.04. The Bertz CT molecular complexity index is 445. The molecule has 0 aliphatic carbocycles. The molecule has 3 heteroatoms. The third kappa shape index (κ3) is 1.74. The number of hydrogen-bond donors (Lipinski definition) is 0. The van der Waals surface area contributed by atoms with Crippen LogP contribution in [0.5, 0.6) is 0 Å². The summed E-state index contributed by atoms with van der Waals surface area (Å²) in [7, 11) is 0. The third-order valence-corrected chi connectivity index (χ3v) is 5.18. The molecule has 13 heavy (non-hydrogen) atoms. The van der Waals surface area contributed by atoms with E-state index in [1.807, 2.05) is 23.1 Å². The second-order valence-corrected chi connectivity index (χ2v) is 5.82. The minimum atomic E-state index is 1.37. The SMILES string of the molecule is CSc1cc2c(I)csc2cc1C. The summed E-state index contributed by atoms with van der Waals surface area (Å²) in [6.07, 6.45) is 2.13. The summed E-state index contributed by atoms with van der Waals surface area (Å²) in [5.41, 5.74) is 1.39. The molecule has 0 spiro atoms. The largest absolute Gasteiger partial charge is 0.143 e. The molecule has 0 aliphatic rings. The van der Waals surface area contributed by atoms with Gasteiger partial charge in [-0.25, -0.2) is 0 Å². The molecule has 2 aromatic rings. The number of hydrogen-bond acceptors (Lipinski definition) is 2. The molecule has 1 heterocycles. The predicted molar refractivity (Wildman–Crippen MR) is 71.1 cm³/mol. The molecule has 0 N–H and O–H groups in total. The Labute approximate surface area is 99.9 Å². The van der Waals surface area contributed by atoms with Crippen LogP contribution in [0.3, 0.4) is 0 Å². The molecule has 0 atom stereocenters. The minimum Gasteiger partial charge on any atom is -0.143 e. The van der Waals surface area contributed by atoms with Crippen molar-refractivity contribution in [2.24, 2.45) is 0 Å². The summed E-state index contributed by atoms with van der Waals surface area (Å²) in [5, 5.41) is 3.62. The molecule has 0 saturated carbocycles.